The highest BCUT2D eigenvalue weighted by molar-refractivity contribution is 5.99. The van der Waals surface area contributed by atoms with E-state index in [9.17, 15) is 27.9 Å². The van der Waals surface area contributed by atoms with Crippen molar-refractivity contribution in [3.05, 3.63) is 100 Å². The number of likely N-dealkylation sites (tertiary alicyclic amines) is 1. The van der Waals surface area contributed by atoms with E-state index in [1.54, 1.807) is 18.2 Å². The average molecular weight is 692 g/mol. The number of halogens is 3. The van der Waals surface area contributed by atoms with Gasteiger partial charge in [-0.1, -0.05) is 80.9 Å². The van der Waals surface area contributed by atoms with Crippen LogP contribution in [0.2, 0.25) is 0 Å². The van der Waals surface area contributed by atoms with Crippen molar-refractivity contribution < 1.29 is 41.8 Å². The molecule has 1 amide bonds. The van der Waals surface area contributed by atoms with Crippen LogP contribution < -0.4 is 5.32 Å². The fourth-order valence-electron chi connectivity index (χ4n) is 10.2. The van der Waals surface area contributed by atoms with Crippen molar-refractivity contribution in [3.63, 3.8) is 0 Å². The summed E-state index contributed by atoms with van der Waals surface area (Å²) in [6, 6.07) is 18.5. The molecule has 5 aliphatic rings. The molecule has 10 heteroatoms. The SMILES string of the molecule is CC(=O)OC1=CC(O)(NC(=O)C(=Cc2ccccc2)C(F)(F)F)C2O[C@H]3CCC[C@H]4[C@H]5CC1=C2[C@@]34CC[N+]5(CCc1ccccc1)CC(C)C. The molecule has 2 saturated heterocycles. The molecule has 2 heterocycles. The Bertz CT molecular complexity index is 1740. The van der Waals surface area contributed by atoms with Gasteiger partial charge in [-0.25, -0.2) is 0 Å². The molecule has 3 unspecified atom stereocenters. The molecule has 2 aliphatic heterocycles. The lowest BCUT2D eigenvalue weighted by atomic mass is 9.49. The standard InChI is InChI=1S/C40H45F3N2O5/c1-25(2)24-45(19-17-27-11-6-4-7-12-27)20-18-38-30-15-10-16-34(38)50-36-35(38)29(22-32(30)45)33(49-26(3)46)23-39(36,48)44-37(47)31(40(41,42)43)21-28-13-8-5-9-14-28/h4-9,11-14,21,23,25,30,32,34,36,48H,10,15-20,22,24H2,1-3H3/p+1/t30-,32+,34-,36?,38+,39?,45?/m0/s1. The van der Waals surface area contributed by atoms with Crippen LogP contribution in [-0.2, 0) is 25.5 Å². The largest absolute Gasteiger partial charge is 0.427 e. The van der Waals surface area contributed by atoms with E-state index < -0.39 is 40.9 Å². The molecule has 2 aromatic carbocycles. The Balaban J connectivity index is 1.30. The van der Waals surface area contributed by atoms with Gasteiger partial charge < -0.3 is 24.4 Å². The van der Waals surface area contributed by atoms with Crippen molar-refractivity contribution in [1.29, 1.82) is 0 Å². The first kappa shape index (κ1) is 34.7. The van der Waals surface area contributed by atoms with Crippen LogP contribution in [0.4, 0.5) is 13.2 Å². The number of amides is 1. The number of ether oxygens (including phenoxy) is 2. The van der Waals surface area contributed by atoms with E-state index >= 15 is 0 Å². The third-order valence-corrected chi connectivity index (χ3v) is 11.9. The maximum Gasteiger partial charge on any atom is 0.421 e. The summed E-state index contributed by atoms with van der Waals surface area (Å²) in [5.41, 5.74) is -1.28. The summed E-state index contributed by atoms with van der Waals surface area (Å²) in [4.78, 5) is 26.1. The van der Waals surface area contributed by atoms with Gasteiger partial charge in [-0.15, -0.1) is 0 Å². The van der Waals surface area contributed by atoms with Crippen LogP contribution in [-0.4, -0.2) is 71.3 Å². The molecule has 50 heavy (non-hydrogen) atoms. The Labute approximate surface area is 291 Å². The van der Waals surface area contributed by atoms with Gasteiger partial charge in [-0.05, 0) is 35.6 Å². The minimum Gasteiger partial charge on any atom is -0.427 e. The Hall–Kier alpha value is -3.73. The molecule has 3 fully saturated rings. The summed E-state index contributed by atoms with van der Waals surface area (Å²) < 4.78 is 56.6. The van der Waals surface area contributed by atoms with Gasteiger partial charge in [0, 0.05) is 55.1 Å². The van der Waals surface area contributed by atoms with Crippen LogP contribution in [0.15, 0.2) is 89.2 Å². The molecule has 3 aliphatic carbocycles. The number of carbonyl (C=O) groups excluding carboxylic acids is 2. The number of hydrogen-bond donors (Lipinski definition) is 2. The first-order chi connectivity index (χ1) is 23.8. The lowest BCUT2D eigenvalue weighted by Gasteiger charge is -2.63. The molecule has 7 rings (SSSR count). The highest BCUT2D eigenvalue weighted by Gasteiger charge is 2.72. The minimum absolute atomic E-state index is 0.0948. The number of rotatable bonds is 9. The second-order valence-electron chi connectivity index (χ2n) is 15.3. The molecule has 266 valence electrons. The Morgan fingerprint density at radius 1 is 1.10 bits per heavy atom. The molecule has 2 bridgehead atoms. The first-order valence-electron chi connectivity index (χ1n) is 17.8. The predicted octanol–water partition coefficient (Wildman–Crippen LogP) is 6.64. The number of nitrogens with zero attached hydrogens (tertiary/aromatic N) is 1. The Kier molecular flexibility index (Phi) is 8.88. The number of carbonyl (C=O) groups is 2. The lowest BCUT2D eigenvalue weighted by Crippen LogP contribution is -2.71. The smallest absolute Gasteiger partial charge is 0.421 e. The van der Waals surface area contributed by atoms with Crippen LogP contribution in [0.25, 0.3) is 6.08 Å². The van der Waals surface area contributed by atoms with E-state index in [4.69, 9.17) is 9.47 Å². The lowest BCUT2D eigenvalue weighted by molar-refractivity contribution is -0.965. The normalized spacial score (nSPS) is 33.1. The molecular weight excluding hydrogens is 645 g/mol. The maximum absolute atomic E-state index is 14.4. The highest BCUT2D eigenvalue weighted by atomic mass is 19.4. The van der Waals surface area contributed by atoms with E-state index in [-0.39, 0.29) is 29.4 Å². The fraction of sp³-hybridized carbons (Fsp3) is 0.500. The molecular formula is C40H46F3N2O5+. The summed E-state index contributed by atoms with van der Waals surface area (Å²) in [6.07, 6.45) is 0.466. The van der Waals surface area contributed by atoms with Crippen LogP contribution in [0.3, 0.4) is 0 Å². The topological polar surface area (TPSA) is 84.9 Å². The van der Waals surface area contributed by atoms with Gasteiger partial charge in [0.1, 0.15) is 17.4 Å². The fourth-order valence-corrected chi connectivity index (χ4v) is 10.2. The van der Waals surface area contributed by atoms with Gasteiger partial charge in [-0.3, -0.25) is 9.59 Å². The average Bonchev–Trinajstić information content (AvgIpc) is 3.40. The van der Waals surface area contributed by atoms with Gasteiger partial charge in [-0.2, -0.15) is 13.2 Å². The first-order valence-corrected chi connectivity index (χ1v) is 17.8. The van der Waals surface area contributed by atoms with Crippen LogP contribution in [0.1, 0.15) is 64.0 Å². The van der Waals surface area contributed by atoms with Gasteiger partial charge >= 0.3 is 12.1 Å². The van der Waals surface area contributed by atoms with Crippen molar-refractivity contribution in [3.8, 4) is 0 Å². The maximum atomic E-state index is 14.4. The zero-order valence-corrected chi connectivity index (χ0v) is 28.8. The van der Waals surface area contributed by atoms with Crippen LogP contribution >= 0.6 is 0 Å². The Morgan fingerprint density at radius 2 is 1.80 bits per heavy atom. The van der Waals surface area contributed by atoms with Gasteiger partial charge in [0.2, 0.25) is 0 Å². The number of aliphatic hydroxyl groups is 1. The van der Waals surface area contributed by atoms with Gasteiger partial charge in [0.05, 0.1) is 31.8 Å². The predicted molar refractivity (Wildman–Crippen MR) is 182 cm³/mol. The molecule has 1 saturated carbocycles. The third-order valence-electron chi connectivity index (χ3n) is 11.9. The van der Waals surface area contributed by atoms with Gasteiger partial charge in [0.25, 0.3) is 5.91 Å². The van der Waals surface area contributed by atoms with Gasteiger partial charge in [0.15, 0.2) is 5.72 Å². The number of quaternary nitrogens is 1. The van der Waals surface area contributed by atoms with E-state index in [0.717, 1.165) is 73.4 Å². The van der Waals surface area contributed by atoms with Crippen molar-refractivity contribution in [2.24, 2.45) is 17.3 Å². The third kappa shape index (κ3) is 5.93. The van der Waals surface area contributed by atoms with E-state index in [0.29, 0.717) is 12.3 Å². The molecule has 0 aromatic heterocycles. The van der Waals surface area contributed by atoms with Crippen molar-refractivity contribution in [1.82, 2.24) is 5.32 Å². The summed E-state index contributed by atoms with van der Waals surface area (Å²) in [7, 11) is 0. The van der Waals surface area contributed by atoms with E-state index in [1.165, 1.54) is 30.7 Å². The molecule has 1 spiro atoms. The molecule has 0 radical (unpaired) electrons. The number of benzene rings is 2. The summed E-state index contributed by atoms with van der Waals surface area (Å²) in [6.45, 7) is 8.62. The summed E-state index contributed by atoms with van der Waals surface area (Å²) in [5, 5.41) is 14.6. The van der Waals surface area contributed by atoms with E-state index in [1.807, 2.05) is 6.07 Å². The second kappa shape index (κ2) is 12.8. The van der Waals surface area contributed by atoms with Crippen molar-refractivity contribution in [2.45, 2.75) is 89.4 Å². The number of esters is 1. The van der Waals surface area contributed by atoms with Crippen molar-refractivity contribution in [2.75, 3.05) is 19.6 Å². The molecule has 7 nitrogen and oxygen atoms in total. The quantitative estimate of drug-likeness (QED) is 0.133. The summed E-state index contributed by atoms with van der Waals surface area (Å²) >= 11 is 0. The molecule has 7 atom stereocenters. The number of hydrogen-bond acceptors (Lipinski definition) is 5. The van der Waals surface area contributed by atoms with Crippen molar-refractivity contribution >= 4 is 18.0 Å². The van der Waals surface area contributed by atoms with Crippen LogP contribution in [0.5, 0.6) is 0 Å². The minimum atomic E-state index is -5.01. The zero-order valence-electron chi connectivity index (χ0n) is 28.8. The number of alkyl halides is 3. The number of allylic oxidation sites excluding steroid dienone is 1. The number of piperidine rings is 1. The molecule has 2 aromatic rings. The summed E-state index contributed by atoms with van der Waals surface area (Å²) in [5.74, 6) is -1.38. The highest BCUT2D eigenvalue weighted by Crippen LogP contribution is 2.68. The van der Waals surface area contributed by atoms with E-state index in [2.05, 4.69) is 43.4 Å². The second-order valence-corrected chi connectivity index (χ2v) is 15.3. The molecule has 2 N–H and O–H groups in total. The Morgan fingerprint density at radius 3 is 2.46 bits per heavy atom. The monoisotopic (exact) mass is 691 g/mol. The zero-order chi connectivity index (χ0) is 35.5. The number of nitrogens with one attached hydrogen (secondary N) is 1. The van der Waals surface area contributed by atoms with Crippen LogP contribution in [0, 0.1) is 17.3 Å².